The van der Waals surface area contributed by atoms with E-state index < -0.39 is 0 Å². The fourth-order valence-corrected chi connectivity index (χ4v) is 3.25. The van der Waals surface area contributed by atoms with Gasteiger partial charge < -0.3 is 15.5 Å². The molecule has 2 N–H and O–H groups in total. The molecule has 7 nitrogen and oxygen atoms in total. The molecule has 0 unspecified atom stereocenters. The first-order valence-corrected chi connectivity index (χ1v) is 9.01. The number of hydrogen-bond donors (Lipinski definition) is 2. The molecule has 24 heavy (non-hydrogen) atoms. The van der Waals surface area contributed by atoms with E-state index in [4.69, 9.17) is 0 Å². The molecular formula is C15H19N5O2S2. The summed E-state index contributed by atoms with van der Waals surface area (Å²) in [5.41, 5.74) is 2.09. The summed E-state index contributed by atoms with van der Waals surface area (Å²) in [7, 11) is 3.29. The number of thioether (sulfide) groups is 1. The molecule has 0 saturated heterocycles. The van der Waals surface area contributed by atoms with Crippen molar-refractivity contribution in [2.45, 2.75) is 11.3 Å². The quantitative estimate of drug-likeness (QED) is 0.729. The van der Waals surface area contributed by atoms with Gasteiger partial charge in [-0.15, -0.1) is 10.2 Å². The van der Waals surface area contributed by atoms with E-state index in [1.165, 1.54) is 28.0 Å². The number of benzene rings is 1. The predicted molar refractivity (Wildman–Crippen MR) is 96.8 cm³/mol. The van der Waals surface area contributed by atoms with Gasteiger partial charge in [0.1, 0.15) is 0 Å². The van der Waals surface area contributed by atoms with Gasteiger partial charge in [0.05, 0.1) is 12.3 Å². The van der Waals surface area contributed by atoms with Crippen molar-refractivity contribution in [3.05, 3.63) is 29.8 Å². The SMILES string of the molecule is Cc1ccccc1Nc1nnc(SCC(=O)NCC(=O)N(C)C)s1. The lowest BCUT2D eigenvalue weighted by atomic mass is 10.2. The second-order valence-corrected chi connectivity index (χ2v) is 7.37. The van der Waals surface area contributed by atoms with Gasteiger partial charge in [-0.3, -0.25) is 9.59 Å². The Labute approximate surface area is 148 Å². The van der Waals surface area contributed by atoms with Crippen LogP contribution in [0.15, 0.2) is 28.6 Å². The minimum atomic E-state index is -0.209. The van der Waals surface area contributed by atoms with Crippen LogP contribution in [0.1, 0.15) is 5.56 Å². The Kier molecular flexibility index (Phi) is 6.56. The van der Waals surface area contributed by atoms with E-state index in [0.717, 1.165) is 11.3 Å². The number of para-hydroxylation sites is 1. The average Bonchev–Trinajstić information content (AvgIpc) is 3.00. The van der Waals surface area contributed by atoms with Crippen LogP contribution < -0.4 is 10.6 Å². The fraction of sp³-hybridized carbons (Fsp3) is 0.333. The Morgan fingerprint density at radius 1 is 1.25 bits per heavy atom. The van der Waals surface area contributed by atoms with Gasteiger partial charge in [-0.05, 0) is 18.6 Å². The van der Waals surface area contributed by atoms with E-state index in [0.29, 0.717) is 9.47 Å². The van der Waals surface area contributed by atoms with Crippen LogP contribution in [0.4, 0.5) is 10.8 Å². The number of aryl methyl sites for hydroxylation is 1. The van der Waals surface area contributed by atoms with E-state index in [9.17, 15) is 9.59 Å². The number of anilines is 2. The van der Waals surface area contributed by atoms with Crippen molar-refractivity contribution in [3.8, 4) is 0 Å². The van der Waals surface area contributed by atoms with Crippen molar-refractivity contribution >= 4 is 45.7 Å². The third-order valence-electron chi connectivity index (χ3n) is 3.06. The molecular weight excluding hydrogens is 346 g/mol. The lowest BCUT2D eigenvalue weighted by Crippen LogP contribution is -2.36. The first-order chi connectivity index (χ1) is 11.5. The summed E-state index contributed by atoms with van der Waals surface area (Å²) < 4.78 is 0.695. The first kappa shape index (κ1) is 18.2. The average molecular weight is 365 g/mol. The molecule has 1 aromatic carbocycles. The van der Waals surface area contributed by atoms with Crippen molar-refractivity contribution in [3.63, 3.8) is 0 Å². The number of nitrogens with zero attached hydrogens (tertiary/aromatic N) is 3. The van der Waals surface area contributed by atoms with E-state index >= 15 is 0 Å². The molecule has 1 aromatic heterocycles. The molecule has 0 aliphatic rings. The molecule has 0 aliphatic carbocycles. The summed E-state index contributed by atoms with van der Waals surface area (Å²) in [6.07, 6.45) is 0. The molecule has 0 atom stereocenters. The van der Waals surface area contributed by atoms with Crippen LogP contribution >= 0.6 is 23.1 Å². The summed E-state index contributed by atoms with van der Waals surface area (Å²) in [5, 5.41) is 14.6. The smallest absolute Gasteiger partial charge is 0.241 e. The van der Waals surface area contributed by atoms with Crippen LogP contribution in [0, 0.1) is 6.92 Å². The zero-order valence-corrected chi connectivity index (χ0v) is 15.3. The third-order valence-corrected chi connectivity index (χ3v) is 5.03. The van der Waals surface area contributed by atoms with Gasteiger partial charge in [0.25, 0.3) is 0 Å². The summed E-state index contributed by atoms with van der Waals surface area (Å²) >= 11 is 2.67. The molecule has 2 amide bonds. The molecule has 0 fully saturated rings. The highest BCUT2D eigenvalue weighted by Crippen LogP contribution is 2.28. The van der Waals surface area contributed by atoms with Gasteiger partial charge in [-0.25, -0.2) is 0 Å². The van der Waals surface area contributed by atoms with Crippen LogP contribution in [0.25, 0.3) is 0 Å². The number of nitrogens with one attached hydrogen (secondary N) is 2. The van der Waals surface area contributed by atoms with Crippen LogP contribution in [0.2, 0.25) is 0 Å². The maximum Gasteiger partial charge on any atom is 0.241 e. The Bertz CT molecular complexity index is 717. The summed E-state index contributed by atoms with van der Waals surface area (Å²) in [4.78, 5) is 24.6. The summed E-state index contributed by atoms with van der Waals surface area (Å²) in [6.45, 7) is 2.01. The third kappa shape index (κ3) is 5.50. The number of rotatable bonds is 7. The van der Waals surface area contributed by atoms with Gasteiger partial charge in [0.2, 0.25) is 16.9 Å². The molecule has 2 aromatic rings. The molecule has 2 rings (SSSR count). The van der Waals surface area contributed by atoms with Gasteiger partial charge in [0.15, 0.2) is 4.34 Å². The van der Waals surface area contributed by atoms with Gasteiger partial charge >= 0.3 is 0 Å². The zero-order chi connectivity index (χ0) is 17.5. The lowest BCUT2D eigenvalue weighted by molar-refractivity contribution is -0.130. The zero-order valence-electron chi connectivity index (χ0n) is 13.7. The van der Waals surface area contributed by atoms with E-state index in [-0.39, 0.29) is 24.1 Å². The Morgan fingerprint density at radius 3 is 2.71 bits per heavy atom. The topological polar surface area (TPSA) is 87.2 Å². The second kappa shape index (κ2) is 8.65. The highest BCUT2D eigenvalue weighted by molar-refractivity contribution is 8.01. The van der Waals surface area contributed by atoms with Crippen molar-refractivity contribution in [1.82, 2.24) is 20.4 Å². The largest absolute Gasteiger partial charge is 0.347 e. The van der Waals surface area contributed by atoms with Crippen molar-refractivity contribution in [1.29, 1.82) is 0 Å². The van der Waals surface area contributed by atoms with E-state index in [2.05, 4.69) is 20.8 Å². The van der Waals surface area contributed by atoms with Crippen LogP contribution in [0.5, 0.6) is 0 Å². The maximum absolute atomic E-state index is 11.7. The number of likely N-dealkylation sites (N-methyl/N-ethyl adjacent to an activating group) is 1. The van der Waals surface area contributed by atoms with Gasteiger partial charge in [-0.1, -0.05) is 41.3 Å². The standard InChI is InChI=1S/C15H19N5O2S2/c1-10-6-4-5-7-11(10)17-14-18-19-15(24-14)23-9-12(21)16-8-13(22)20(2)3/h4-7H,8-9H2,1-3H3,(H,16,21)(H,17,18). The Balaban J connectivity index is 1.80. The predicted octanol–water partition coefficient (Wildman–Crippen LogP) is 1.89. The Morgan fingerprint density at radius 2 is 2.00 bits per heavy atom. The normalized spacial score (nSPS) is 10.3. The number of carbonyl (C=O) groups is 2. The highest BCUT2D eigenvalue weighted by atomic mass is 32.2. The highest BCUT2D eigenvalue weighted by Gasteiger charge is 2.10. The summed E-state index contributed by atoms with van der Waals surface area (Å²) in [6, 6.07) is 7.91. The molecule has 0 radical (unpaired) electrons. The first-order valence-electron chi connectivity index (χ1n) is 7.21. The number of aromatic nitrogens is 2. The van der Waals surface area contributed by atoms with Crippen LogP contribution in [0.3, 0.4) is 0 Å². The minimum absolute atomic E-state index is 0.00258. The van der Waals surface area contributed by atoms with Crippen LogP contribution in [-0.4, -0.2) is 53.3 Å². The number of amides is 2. The monoisotopic (exact) mass is 365 g/mol. The van der Waals surface area contributed by atoms with E-state index in [1.807, 2.05) is 31.2 Å². The number of hydrogen-bond acceptors (Lipinski definition) is 7. The van der Waals surface area contributed by atoms with Crippen molar-refractivity contribution in [2.75, 3.05) is 31.7 Å². The number of carbonyl (C=O) groups excluding carboxylic acids is 2. The summed E-state index contributed by atoms with van der Waals surface area (Å²) in [5.74, 6) is -0.160. The molecule has 0 spiro atoms. The second-order valence-electron chi connectivity index (χ2n) is 5.17. The van der Waals surface area contributed by atoms with E-state index in [1.54, 1.807) is 14.1 Å². The Hall–Kier alpha value is -2.13. The van der Waals surface area contributed by atoms with Crippen molar-refractivity contribution in [2.24, 2.45) is 0 Å². The van der Waals surface area contributed by atoms with Crippen molar-refractivity contribution < 1.29 is 9.59 Å². The molecule has 0 saturated carbocycles. The minimum Gasteiger partial charge on any atom is -0.347 e. The fourth-order valence-electron chi connectivity index (χ4n) is 1.66. The molecule has 0 aliphatic heterocycles. The molecule has 128 valence electrons. The molecule has 0 bridgehead atoms. The molecule has 1 heterocycles. The molecule has 9 heteroatoms. The van der Waals surface area contributed by atoms with Crippen LogP contribution in [-0.2, 0) is 9.59 Å². The lowest BCUT2D eigenvalue weighted by Gasteiger charge is -2.10. The maximum atomic E-state index is 11.7. The van der Waals surface area contributed by atoms with Gasteiger partial charge in [-0.2, -0.15) is 0 Å². The van der Waals surface area contributed by atoms with Gasteiger partial charge in [0, 0.05) is 19.8 Å².